The maximum Gasteiger partial charge on any atom is 0.229 e. The van der Waals surface area contributed by atoms with E-state index in [1.807, 2.05) is 55.5 Å². The van der Waals surface area contributed by atoms with Gasteiger partial charge in [-0.3, -0.25) is 14.7 Å². The summed E-state index contributed by atoms with van der Waals surface area (Å²) in [7, 11) is 0. The third-order valence-electron chi connectivity index (χ3n) is 4.55. The topological polar surface area (TPSA) is 46.1 Å². The molecule has 0 unspecified atom stereocenters. The van der Waals surface area contributed by atoms with Crippen molar-refractivity contribution in [3.63, 3.8) is 0 Å². The molecular formula is C23H20ClN3OS2. The molecule has 0 aliphatic carbocycles. The number of fused-ring (bicyclic) bond motifs is 1. The number of amides is 1. The Labute approximate surface area is 188 Å². The van der Waals surface area contributed by atoms with Crippen molar-refractivity contribution in [2.24, 2.45) is 0 Å². The Morgan fingerprint density at radius 2 is 1.93 bits per heavy atom. The smallest absolute Gasteiger partial charge is 0.229 e. The fraction of sp³-hybridized carbons (Fsp3) is 0.174. The van der Waals surface area contributed by atoms with Gasteiger partial charge in [0.1, 0.15) is 0 Å². The van der Waals surface area contributed by atoms with Crippen molar-refractivity contribution in [2.75, 3.05) is 10.7 Å². The number of hydrogen-bond donors (Lipinski definition) is 0. The molecule has 2 heterocycles. The molecule has 0 saturated carbocycles. The molecule has 0 N–H and O–H groups in total. The van der Waals surface area contributed by atoms with Gasteiger partial charge in [0.25, 0.3) is 0 Å². The van der Waals surface area contributed by atoms with Crippen LogP contribution in [0.15, 0.2) is 71.8 Å². The summed E-state index contributed by atoms with van der Waals surface area (Å²) in [4.78, 5) is 25.3. The highest BCUT2D eigenvalue weighted by Crippen LogP contribution is 2.34. The largest absolute Gasteiger partial charge is 0.282 e. The molecule has 0 aliphatic rings. The predicted octanol–water partition coefficient (Wildman–Crippen LogP) is 6.37. The quantitative estimate of drug-likeness (QED) is 0.305. The van der Waals surface area contributed by atoms with E-state index in [9.17, 15) is 4.79 Å². The number of rotatable bonds is 7. The van der Waals surface area contributed by atoms with Crippen LogP contribution in [-0.4, -0.2) is 21.6 Å². The molecule has 0 spiro atoms. The van der Waals surface area contributed by atoms with Gasteiger partial charge in [0.15, 0.2) is 5.13 Å². The molecule has 0 radical (unpaired) electrons. The van der Waals surface area contributed by atoms with Crippen molar-refractivity contribution in [1.29, 1.82) is 0 Å². The summed E-state index contributed by atoms with van der Waals surface area (Å²) in [6.45, 7) is 2.38. The average Bonchev–Trinajstić information content (AvgIpc) is 3.17. The molecule has 0 saturated heterocycles. The third-order valence-corrected chi connectivity index (χ3v) is 6.80. The van der Waals surface area contributed by atoms with Crippen LogP contribution in [0, 0.1) is 6.92 Å². The number of carbonyl (C=O) groups excluding carboxylic acids is 1. The summed E-state index contributed by atoms with van der Waals surface area (Å²) >= 11 is 9.38. The number of thiazole rings is 1. The molecule has 4 aromatic rings. The van der Waals surface area contributed by atoms with Crippen molar-refractivity contribution >= 4 is 56.0 Å². The minimum Gasteiger partial charge on any atom is -0.282 e. The SMILES string of the molecule is Cc1cc(Cl)cc2sc(N(Cc3ccccn3)C(=O)CCSc3ccccc3)nc12. The number of nitrogens with zero attached hydrogens (tertiary/aromatic N) is 3. The van der Waals surface area contributed by atoms with Crippen LogP contribution in [0.5, 0.6) is 0 Å². The molecule has 4 rings (SSSR count). The molecule has 30 heavy (non-hydrogen) atoms. The van der Waals surface area contributed by atoms with Crippen LogP contribution in [0.1, 0.15) is 17.7 Å². The normalized spacial score (nSPS) is 11.0. The zero-order valence-electron chi connectivity index (χ0n) is 16.4. The van der Waals surface area contributed by atoms with Gasteiger partial charge >= 0.3 is 0 Å². The van der Waals surface area contributed by atoms with Crippen molar-refractivity contribution in [1.82, 2.24) is 9.97 Å². The van der Waals surface area contributed by atoms with Crippen molar-refractivity contribution in [3.05, 3.63) is 83.1 Å². The first kappa shape index (κ1) is 20.8. The standard InChI is InChI=1S/C23H20ClN3OS2/c1-16-13-17(24)14-20-22(16)26-23(30-20)27(15-18-7-5-6-11-25-18)21(28)10-12-29-19-8-3-2-4-9-19/h2-9,11,13-14H,10,12,15H2,1H3. The monoisotopic (exact) mass is 453 g/mol. The second-order valence-corrected chi connectivity index (χ2v) is 9.39. The van der Waals surface area contributed by atoms with E-state index in [-0.39, 0.29) is 5.91 Å². The van der Waals surface area contributed by atoms with Crippen molar-refractivity contribution in [3.8, 4) is 0 Å². The highest BCUT2D eigenvalue weighted by molar-refractivity contribution is 7.99. The Kier molecular flexibility index (Phi) is 6.67. The molecule has 1 amide bonds. The number of aromatic nitrogens is 2. The predicted molar refractivity (Wildman–Crippen MR) is 127 cm³/mol. The average molecular weight is 454 g/mol. The second-order valence-electron chi connectivity index (χ2n) is 6.78. The van der Waals surface area contributed by atoms with Gasteiger partial charge in [0.05, 0.1) is 22.5 Å². The van der Waals surface area contributed by atoms with Crippen LogP contribution in [0.3, 0.4) is 0 Å². The summed E-state index contributed by atoms with van der Waals surface area (Å²) in [6.07, 6.45) is 2.16. The van der Waals surface area contributed by atoms with Gasteiger partial charge in [-0.05, 0) is 48.9 Å². The number of aryl methyl sites for hydroxylation is 1. The van der Waals surface area contributed by atoms with Gasteiger partial charge in [0.2, 0.25) is 5.91 Å². The lowest BCUT2D eigenvalue weighted by Crippen LogP contribution is -2.30. The van der Waals surface area contributed by atoms with Crippen LogP contribution >= 0.6 is 34.7 Å². The summed E-state index contributed by atoms with van der Waals surface area (Å²) in [5.41, 5.74) is 2.72. The Bertz CT molecular complexity index is 1150. The molecule has 0 aliphatic heterocycles. The first-order valence-electron chi connectivity index (χ1n) is 9.55. The first-order chi connectivity index (χ1) is 14.6. The fourth-order valence-electron chi connectivity index (χ4n) is 3.08. The number of halogens is 1. The number of hydrogen-bond acceptors (Lipinski definition) is 5. The molecule has 7 heteroatoms. The highest BCUT2D eigenvalue weighted by atomic mass is 35.5. The fourth-order valence-corrected chi connectivity index (χ4v) is 5.38. The van der Waals surface area contributed by atoms with E-state index in [2.05, 4.69) is 17.1 Å². The van der Waals surface area contributed by atoms with Crippen molar-refractivity contribution < 1.29 is 4.79 Å². The van der Waals surface area contributed by atoms with Gasteiger partial charge in [-0.2, -0.15) is 0 Å². The third kappa shape index (κ3) is 5.01. The minimum atomic E-state index is 0.0342. The highest BCUT2D eigenvalue weighted by Gasteiger charge is 2.21. The number of carbonyl (C=O) groups is 1. The van der Waals surface area contributed by atoms with Crippen LogP contribution in [0.4, 0.5) is 5.13 Å². The molecule has 0 fully saturated rings. The van der Waals surface area contributed by atoms with Gasteiger partial charge in [-0.1, -0.05) is 47.2 Å². The maximum atomic E-state index is 13.2. The van der Waals surface area contributed by atoms with E-state index in [1.54, 1.807) is 22.9 Å². The zero-order valence-corrected chi connectivity index (χ0v) is 18.8. The second kappa shape index (κ2) is 9.60. The molecule has 4 nitrogen and oxygen atoms in total. The van der Waals surface area contributed by atoms with E-state index in [0.717, 1.165) is 26.4 Å². The van der Waals surface area contributed by atoms with Gasteiger partial charge in [-0.25, -0.2) is 4.98 Å². The van der Waals surface area contributed by atoms with Gasteiger partial charge in [-0.15, -0.1) is 11.8 Å². The Morgan fingerprint density at radius 1 is 1.13 bits per heavy atom. The van der Waals surface area contributed by atoms with Gasteiger partial charge in [0, 0.05) is 28.3 Å². The van der Waals surface area contributed by atoms with Crippen LogP contribution in [-0.2, 0) is 11.3 Å². The van der Waals surface area contributed by atoms with Crippen molar-refractivity contribution in [2.45, 2.75) is 24.8 Å². The number of anilines is 1. The lowest BCUT2D eigenvalue weighted by Gasteiger charge is -2.19. The van der Waals surface area contributed by atoms with E-state index < -0.39 is 0 Å². The molecular weight excluding hydrogens is 434 g/mol. The maximum absolute atomic E-state index is 13.2. The zero-order chi connectivity index (χ0) is 20.9. The molecule has 152 valence electrons. The van der Waals surface area contributed by atoms with E-state index in [4.69, 9.17) is 16.6 Å². The van der Waals surface area contributed by atoms with E-state index in [1.165, 1.54) is 11.3 Å². The summed E-state index contributed by atoms with van der Waals surface area (Å²) in [5.74, 6) is 0.740. The van der Waals surface area contributed by atoms with Gasteiger partial charge < -0.3 is 0 Å². The first-order valence-corrected chi connectivity index (χ1v) is 11.7. The molecule has 0 atom stereocenters. The summed E-state index contributed by atoms with van der Waals surface area (Å²) in [6, 6.07) is 19.6. The summed E-state index contributed by atoms with van der Waals surface area (Å²) < 4.78 is 0.979. The number of benzene rings is 2. The number of thioether (sulfide) groups is 1. The lowest BCUT2D eigenvalue weighted by atomic mass is 10.2. The van der Waals surface area contributed by atoms with E-state index in [0.29, 0.717) is 28.9 Å². The Morgan fingerprint density at radius 3 is 2.70 bits per heavy atom. The minimum absolute atomic E-state index is 0.0342. The van der Waals surface area contributed by atoms with Crippen LogP contribution < -0.4 is 4.90 Å². The lowest BCUT2D eigenvalue weighted by molar-refractivity contribution is -0.118. The Balaban J connectivity index is 1.57. The van der Waals surface area contributed by atoms with E-state index >= 15 is 0 Å². The molecule has 0 bridgehead atoms. The van der Waals surface area contributed by atoms with Crippen LogP contribution in [0.2, 0.25) is 5.02 Å². The summed E-state index contributed by atoms with van der Waals surface area (Å²) in [5, 5.41) is 1.35. The molecule has 2 aromatic carbocycles. The molecule has 2 aromatic heterocycles. The number of pyridine rings is 1. The van der Waals surface area contributed by atoms with Crippen LogP contribution in [0.25, 0.3) is 10.2 Å². The Hall–Kier alpha value is -2.41.